The number of rotatable bonds is 8. The Hall–Kier alpha value is -0.810. The third kappa shape index (κ3) is 6.81. The molecule has 1 rings (SSSR count). The molecule has 2 unspecified atom stereocenters. The van der Waals surface area contributed by atoms with Crippen LogP contribution in [0.3, 0.4) is 0 Å². The molecule has 0 saturated heterocycles. The second-order valence-electron chi connectivity index (χ2n) is 4.26. The monoisotopic (exact) mass is 273 g/mol. The maximum Gasteiger partial charge on any atom is 0.120 e. The van der Waals surface area contributed by atoms with Gasteiger partial charge < -0.3 is 20.3 Å². The van der Waals surface area contributed by atoms with Gasteiger partial charge in [-0.1, -0.05) is 17.7 Å². The maximum absolute atomic E-state index is 9.66. The number of nitrogens with one attached hydrogen (secondary N) is 1. The minimum absolute atomic E-state index is 0.210. The molecule has 0 saturated carbocycles. The van der Waals surface area contributed by atoms with E-state index in [9.17, 15) is 5.11 Å². The molecular weight excluding hydrogens is 254 g/mol. The van der Waals surface area contributed by atoms with E-state index in [4.69, 9.17) is 21.4 Å². The first-order valence-corrected chi connectivity index (χ1v) is 6.41. The third-order valence-electron chi connectivity index (χ3n) is 2.36. The highest BCUT2D eigenvalue weighted by Gasteiger charge is 2.05. The van der Waals surface area contributed by atoms with Crippen LogP contribution in [0.2, 0.25) is 5.02 Å². The summed E-state index contributed by atoms with van der Waals surface area (Å²) in [5.41, 5.74) is 0. The van der Waals surface area contributed by atoms with Gasteiger partial charge in [0.05, 0.1) is 6.10 Å². The summed E-state index contributed by atoms with van der Waals surface area (Å²) in [7, 11) is 0. The SMILES string of the molecule is CC(O)CCNCC(O)COc1cccc(Cl)c1. The highest BCUT2D eigenvalue weighted by Crippen LogP contribution is 2.17. The summed E-state index contributed by atoms with van der Waals surface area (Å²) in [5, 5.41) is 22.4. The molecule has 0 aliphatic rings. The number of aliphatic hydroxyl groups is 2. The molecular formula is C13H20ClNO3. The lowest BCUT2D eigenvalue weighted by Crippen LogP contribution is -2.32. The second kappa shape index (κ2) is 8.32. The van der Waals surface area contributed by atoms with Crippen LogP contribution in [0.25, 0.3) is 0 Å². The van der Waals surface area contributed by atoms with E-state index in [1.807, 2.05) is 0 Å². The molecule has 1 aromatic carbocycles. The number of benzene rings is 1. The highest BCUT2D eigenvalue weighted by molar-refractivity contribution is 6.30. The normalized spacial score (nSPS) is 14.2. The number of hydrogen-bond acceptors (Lipinski definition) is 4. The Morgan fingerprint density at radius 3 is 2.83 bits per heavy atom. The molecule has 3 N–H and O–H groups in total. The van der Waals surface area contributed by atoms with E-state index in [0.29, 0.717) is 30.3 Å². The Morgan fingerprint density at radius 1 is 1.39 bits per heavy atom. The summed E-state index contributed by atoms with van der Waals surface area (Å²) < 4.78 is 5.40. The predicted molar refractivity (Wildman–Crippen MR) is 72.1 cm³/mol. The van der Waals surface area contributed by atoms with Crippen molar-refractivity contribution >= 4 is 11.6 Å². The van der Waals surface area contributed by atoms with Crippen molar-refractivity contribution < 1.29 is 14.9 Å². The van der Waals surface area contributed by atoms with Crippen molar-refractivity contribution in [2.75, 3.05) is 19.7 Å². The molecule has 0 spiro atoms. The highest BCUT2D eigenvalue weighted by atomic mass is 35.5. The van der Waals surface area contributed by atoms with Gasteiger partial charge >= 0.3 is 0 Å². The second-order valence-corrected chi connectivity index (χ2v) is 4.70. The number of halogens is 1. The van der Waals surface area contributed by atoms with Crippen LogP contribution in [0.5, 0.6) is 5.75 Å². The van der Waals surface area contributed by atoms with E-state index in [-0.39, 0.29) is 12.7 Å². The van der Waals surface area contributed by atoms with Crippen LogP contribution in [-0.4, -0.2) is 42.1 Å². The molecule has 1 aromatic rings. The van der Waals surface area contributed by atoms with Gasteiger partial charge in [-0.3, -0.25) is 0 Å². The topological polar surface area (TPSA) is 61.7 Å². The van der Waals surface area contributed by atoms with E-state index in [2.05, 4.69) is 5.32 Å². The van der Waals surface area contributed by atoms with E-state index in [0.717, 1.165) is 0 Å². The van der Waals surface area contributed by atoms with E-state index < -0.39 is 6.10 Å². The minimum Gasteiger partial charge on any atom is -0.491 e. The Balaban J connectivity index is 2.15. The zero-order valence-electron chi connectivity index (χ0n) is 10.5. The molecule has 0 bridgehead atoms. The Morgan fingerprint density at radius 2 is 2.17 bits per heavy atom. The lowest BCUT2D eigenvalue weighted by atomic mass is 10.3. The number of aliphatic hydroxyl groups excluding tert-OH is 2. The summed E-state index contributed by atoms with van der Waals surface area (Å²) in [6.07, 6.45) is -0.239. The summed E-state index contributed by atoms with van der Waals surface area (Å²) >= 11 is 5.81. The van der Waals surface area contributed by atoms with Gasteiger partial charge in [0.2, 0.25) is 0 Å². The van der Waals surface area contributed by atoms with Crippen molar-refractivity contribution in [1.82, 2.24) is 5.32 Å². The number of ether oxygens (including phenoxy) is 1. The molecule has 0 aliphatic heterocycles. The van der Waals surface area contributed by atoms with Gasteiger partial charge in [0.15, 0.2) is 0 Å². The third-order valence-corrected chi connectivity index (χ3v) is 2.59. The van der Waals surface area contributed by atoms with Crippen LogP contribution in [0.4, 0.5) is 0 Å². The van der Waals surface area contributed by atoms with Crippen LogP contribution in [0.15, 0.2) is 24.3 Å². The van der Waals surface area contributed by atoms with Gasteiger partial charge in [-0.15, -0.1) is 0 Å². The Bertz CT molecular complexity index is 347. The van der Waals surface area contributed by atoms with Crippen molar-refractivity contribution in [2.24, 2.45) is 0 Å². The van der Waals surface area contributed by atoms with Crippen LogP contribution >= 0.6 is 11.6 Å². The van der Waals surface area contributed by atoms with Gasteiger partial charge in [0, 0.05) is 11.6 Å². The fraction of sp³-hybridized carbons (Fsp3) is 0.538. The minimum atomic E-state index is -0.585. The molecule has 0 fully saturated rings. The van der Waals surface area contributed by atoms with Crippen molar-refractivity contribution in [1.29, 1.82) is 0 Å². The lowest BCUT2D eigenvalue weighted by Gasteiger charge is -2.13. The van der Waals surface area contributed by atoms with Crippen LogP contribution in [0.1, 0.15) is 13.3 Å². The summed E-state index contributed by atoms with van der Waals surface area (Å²) in [5.74, 6) is 0.644. The summed E-state index contributed by atoms with van der Waals surface area (Å²) in [6, 6.07) is 7.06. The first-order chi connectivity index (χ1) is 8.58. The largest absolute Gasteiger partial charge is 0.491 e. The molecule has 0 amide bonds. The Labute approximate surface area is 113 Å². The molecule has 0 aromatic heterocycles. The smallest absolute Gasteiger partial charge is 0.120 e. The molecule has 0 heterocycles. The van der Waals surface area contributed by atoms with Gasteiger partial charge in [-0.2, -0.15) is 0 Å². The molecule has 5 heteroatoms. The molecule has 0 aliphatic carbocycles. The summed E-state index contributed by atoms with van der Waals surface area (Å²) in [4.78, 5) is 0. The first-order valence-electron chi connectivity index (χ1n) is 6.03. The zero-order chi connectivity index (χ0) is 13.4. The van der Waals surface area contributed by atoms with Crippen molar-refractivity contribution in [3.63, 3.8) is 0 Å². The zero-order valence-corrected chi connectivity index (χ0v) is 11.2. The quantitative estimate of drug-likeness (QED) is 0.627. The molecule has 18 heavy (non-hydrogen) atoms. The van der Waals surface area contributed by atoms with E-state index in [1.165, 1.54) is 0 Å². The lowest BCUT2D eigenvalue weighted by molar-refractivity contribution is 0.104. The van der Waals surface area contributed by atoms with E-state index in [1.54, 1.807) is 31.2 Å². The fourth-order valence-electron chi connectivity index (χ4n) is 1.39. The van der Waals surface area contributed by atoms with Crippen molar-refractivity contribution in [3.05, 3.63) is 29.3 Å². The van der Waals surface area contributed by atoms with Crippen molar-refractivity contribution in [2.45, 2.75) is 25.6 Å². The Kier molecular flexibility index (Phi) is 7.05. The molecule has 0 radical (unpaired) electrons. The van der Waals surface area contributed by atoms with Crippen LogP contribution < -0.4 is 10.1 Å². The first kappa shape index (κ1) is 15.2. The molecule has 2 atom stereocenters. The summed E-state index contributed by atoms with van der Waals surface area (Å²) in [6.45, 7) is 3.06. The van der Waals surface area contributed by atoms with Gasteiger partial charge in [-0.25, -0.2) is 0 Å². The van der Waals surface area contributed by atoms with Crippen molar-refractivity contribution in [3.8, 4) is 5.75 Å². The molecule has 4 nitrogen and oxygen atoms in total. The average molecular weight is 274 g/mol. The fourth-order valence-corrected chi connectivity index (χ4v) is 1.57. The average Bonchev–Trinajstić information content (AvgIpc) is 2.32. The van der Waals surface area contributed by atoms with Crippen LogP contribution in [-0.2, 0) is 0 Å². The van der Waals surface area contributed by atoms with Crippen LogP contribution in [0, 0.1) is 0 Å². The molecule has 102 valence electrons. The van der Waals surface area contributed by atoms with Gasteiger partial charge in [0.1, 0.15) is 18.5 Å². The van der Waals surface area contributed by atoms with E-state index >= 15 is 0 Å². The maximum atomic E-state index is 9.66. The number of hydrogen-bond donors (Lipinski definition) is 3. The van der Waals surface area contributed by atoms with Gasteiger partial charge in [0.25, 0.3) is 0 Å². The predicted octanol–water partition coefficient (Wildman–Crippen LogP) is 1.44. The standard InChI is InChI=1S/C13H20ClNO3/c1-10(16)5-6-15-8-12(17)9-18-13-4-2-3-11(14)7-13/h2-4,7,10,12,15-17H,5-6,8-9H2,1H3. The van der Waals surface area contributed by atoms with Gasteiger partial charge in [-0.05, 0) is 38.1 Å².